The van der Waals surface area contributed by atoms with Crippen molar-refractivity contribution in [3.8, 4) is 0 Å². The van der Waals surface area contributed by atoms with Crippen molar-refractivity contribution in [1.29, 1.82) is 0 Å². The van der Waals surface area contributed by atoms with Gasteiger partial charge in [0, 0.05) is 31.1 Å². The fourth-order valence-corrected chi connectivity index (χ4v) is 4.01. The minimum absolute atomic E-state index is 0.0912. The van der Waals surface area contributed by atoms with E-state index >= 15 is 0 Å². The normalized spacial score (nSPS) is 30.7. The second-order valence-electron chi connectivity index (χ2n) is 5.73. The maximum absolute atomic E-state index is 10.1. The Hall–Kier alpha value is -0.650. The van der Waals surface area contributed by atoms with E-state index < -0.39 is 0 Å². The molecule has 2 saturated heterocycles. The Morgan fingerprint density at radius 3 is 2.95 bits per heavy atom. The Morgan fingerprint density at radius 2 is 2.32 bits per heavy atom. The van der Waals surface area contributed by atoms with Crippen molar-refractivity contribution in [2.45, 2.75) is 56.8 Å². The molecule has 0 bridgehead atoms. The van der Waals surface area contributed by atoms with E-state index in [1.54, 1.807) is 11.3 Å². The van der Waals surface area contributed by atoms with Gasteiger partial charge in [-0.3, -0.25) is 0 Å². The van der Waals surface area contributed by atoms with Gasteiger partial charge in [0.1, 0.15) is 0 Å². The second-order valence-corrected chi connectivity index (χ2v) is 6.60. The molecule has 4 nitrogen and oxygen atoms in total. The summed E-state index contributed by atoms with van der Waals surface area (Å²) in [6.45, 7) is 4.11. The van der Waals surface area contributed by atoms with Crippen LogP contribution in [0.25, 0.3) is 0 Å². The molecule has 106 valence electrons. The summed E-state index contributed by atoms with van der Waals surface area (Å²) in [7, 11) is 0. The lowest BCUT2D eigenvalue weighted by molar-refractivity contribution is -0.171. The molecule has 0 saturated carbocycles. The Balaban J connectivity index is 1.65. The zero-order chi connectivity index (χ0) is 13.3. The maximum atomic E-state index is 10.1. The predicted molar refractivity (Wildman–Crippen MR) is 76.7 cm³/mol. The Labute approximate surface area is 118 Å². The smallest absolute Gasteiger partial charge is 0.185 e. The van der Waals surface area contributed by atoms with Crippen molar-refractivity contribution < 1.29 is 9.84 Å². The Morgan fingerprint density at radius 1 is 1.53 bits per heavy atom. The molecule has 2 aliphatic heterocycles. The number of hydrogen-bond acceptors (Lipinski definition) is 5. The summed E-state index contributed by atoms with van der Waals surface area (Å²) in [4.78, 5) is 6.71. The van der Waals surface area contributed by atoms with Crippen molar-refractivity contribution in [3.05, 3.63) is 11.6 Å². The molecule has 19 heavy (non-hydrogen) atoms. The third kappa shape index (κ3) is 2.78. The molecule has 2 atom stereocenters. The summed E-state index contributed by atoms with van der Waals surface area (Å²) in [5.74, 6) is 0. The third-order valence-electron chi connectivity index (χ3n) is 4.38. The third-order valence-corrected chi connectivity index (χ3v) is 5.21. The average molecular weight is 282 g/mol. The summed E-state index contributed by atoms with van der Waals surface area (Å²) in [6.07, 6.45) is 6.50. The molecule has 1 aromatic heterocycles. The summed E-state index contributed by atoms with van der Waals surface area (Å²) in [6, 6.07) is 0. The number of aliphatic hydroxyl groups excluding tert-OH is 1. The first-order chi connectivity index (χ1) is 9.21. The standard InChI is InChI=1S/C14H22N2O2S/c1-2-12-9-11(17)10-14(18-12)3-6-16(7-4-14)13-15-5-8-19-13/h5,8,11-12,17H,2-4,6-7,9-10H2,1H3/t11-,12+/m1/s1. The quantitative estimate of drug-likeness (QED) is 0.905. The lowest BCUT2D eigenvalue weighted by Gasteiger charge is -2.47. The average Bonchev–Trinajstić information content (AvgIpc) is 2.92. The number of aromatic nitrogens is 1. The number of hydrogen-bond donors (Lipinski definition) is 1. The van der Waals surface area contributed by atoms with E-state index in [9.17, 15) is 5.11 Å². The molecule has 3 heterocycles. The van der Waals surface area contributed by atoms with Crippen LogP contribution in [0.5, 0.6) is 0 Å². The van der Waals surface area contributed by atoms with Crippen LogP contribution in [0.3, 0.4) is 0 Å². The highest BCUT2D eigenvalue weighted by molar-refractivity contribution is 7.13. The van der Waals surface area contributed by atoms with E-state index in [0.717, 1.165) is 50.3 Å². The van der Waals surface area contributed by atoms with Gasteiger partial charge in [-0.2, -0.15) is 0 Å². The second kappa shape index (κ2) is 5.38. The van der Waals surface area contributed by atoms with E-state index in [0.29, 0.717) is 0 Å². The van der Waals surface area contributed by atoms with Gasteiger partial charge in [0.2, 0.25) is 0 Å². The van der Waals surface area contributed by atoms with Gasteiger partial charge in [-0.15, -0.1) is 11.3 Å². The molecule has 0 aliphatic carbocycles. The van der Waals surface area contributed by atoms with Crippen LogP contribution in [0.2, 0.25) is 0 Å². The number of thiazole rings is 1. The molecular weight excluding hydrogens is 260 g/mol. The van der Waals surface area contributed by atoms with Gasteiger partial charge in [0.25, 0.3) is 0 Å². The highest BCUT2D eigenvalue weighted by Crippen LogP contribution is 2.39. The van der Waals surface area contributed by atoms with Crippen molar-refractivity contribution in [3.63, 3.8) is 0 Å². The van der Waals surface area contributed by atoms with Crippen molar-refractivity contribution in [2.24, 2.45) is 0 Å². The van der Waals surface area contributed by atoms with Crippen LogP contribution in [0.4, 0.5) is 5.13 Å². The van der Waals surface area contributed by atoms with Crippen LogP contribution in [0, 0.1) is 0 Å². The SMILES string of the molecule is CC[C@H]1C[C@@H](O)CC2(CCN(c3nccs3)CC2)O1. The van der Waals surface area contributed by atoms with Crippen molar-refractivity contribution >= 4 is 16.5 Å². The van der Waals surface area contributed by atoms with Gasteiger partial charge in [0.05, 0.1) is 17.8 Å². The van der Waals surface area contributed by atoms with Crippen LogP contribution >= 0.6 is 11.3 Å². The Kier molecular flexibility index (Phi) is 3.78. The lowest BCUT2D eigenvalue weighted by Crippen LogP contribution is -2.52. The minimum Gasteiger partial charge on any atom is -0.393 e. The van der Waals surface area contributed by atoms with Gasteiger partial charge < -0.3 is 14.7 Å². The Bertz CT molecular complexity index is 402. The van der Waals surface area contributed by atoms with E-state index in [4.69, 9.17) is 4.74 Å². The summed E-state index contributed by atoms with van der Waals surface area (Å²) < 4.78 is 6.30. The number of aliphatic hydroxyl groups is 1. The molecule has 2 fully saturated rings. The van der Waals surface area contributed by atoms with Gasteiger partial charge in [-0.05, 0) is 25.7 Å². The molecular formula is C14H22N2O2S. The molecule has 5 heteroatoms. The van der Waals surface area contributed by atoms with Crippen LogP contribution in [-0.4, -0.2) is 41.0 Å². The predicted octanol–water partition coefficient (Wildman–Crippen LogP) is 2.43. The van der Waals surface area contributed by atoms with Crippen LogP contribution in [-0.2, 0) is 4.74 Å². The van der Waals surface area contributed by atoms with E-state index in [1.165, 1.54) is 0 Å². The first-order valence-corrected chi connectivity index (χ1v) is 8.09. The van der Waals surface area contributed by atoms with Crippen LogP contribution in [0.15, 0.2) is 11.6 Å². The molecule has 0 aromatic carbocycles. The molecule has 0 radical (unpaired) electrons. The van der Waals surface area contributed by atoms with E-state index in [1.807, 2.05) is 11.6 Å². The molecule has 0 amide bonds. The van der Waals surface area contributed by atoms with Gasteiger partial charge >= 0.3 is 0 Å². The number of ether oxygens (including phenoxy) is 1. The molecule has 1 spiro atoms. The fraction of sp³-hybridized carbons (Fsp3) is 0.786. The lowest BCUT2D eigenvalue weighted by atomic mass is 9.81. The maximum Gasteiger partial charge on any atom is 0.185 e. The zero-order valence-corrected chi connectivity index (χ0v) is 12.2. The van der Waals surface area contributed by atoms with Gasteiger partial charge in [-0.1, -0.05) is 6.92 Å². The highest BCUT2D eigenvalue weighted by Gasteiger charge is 2.43. The zero-order valence-electron chi connectivity index (χ0n) is 11.4. The van der Waals surface area contributed by atoms with Crippen LogP contribution < -0.4 is 4.90 Å². The molecule has 0 unspecified atom stereocenters. The molecule has 1 aromatic rings. The van der Waals surface area contributed by atoms with Gasteiger partial charge in [0.15, 0.2) is 5.13 Å². The number of piperidine rings is 1. The first kappa shape index (κ1) is 13.3. The molecule has 3 rings (SSSR count). The summed E-state index contributed by atoms with van der Waals surface area (Å²) in [5, 5.41) is 13.2. The monoisotopic (exact) mass is 282 g/mol. The molecule has 1 N–H and O–H groups in total. The van der Waals surface area contributed by atoms with Crippen molar-refractivity contribution in [1.82, 2.24) is 4.98 Å². The fourth-order valence-electron chi connectivity index (χ4n) is 3.32. The van der Waals surface area contributed by atoms with Crippen molar-refractivity contribution in [2.75, 3.05) is 18.0 Å². The van der Waals surface area contributed by atoms with Crippen LogP contribution in [0.1, 0.15) is 39.0 Å². The number of anilines is 1. The largest absolute Gasteiger partial charge is 0.393 e. The molecule has 2 aliphatic rings. The highest BCUT2D eigenvalue weighted by atomic mass is 32.1. The van der Waals surface area contributed by atoms with Gasteiger partial charge in [-0.25, -0.2) is 4.98 Å². The number of rotatable bonds is 2. The first-order valence-electron chi connectivity index (χ1n) is 7.21. The minimum atomic E-state index is -0.190. The number of nitrogens with zero attached hydrogens (tertiary/aromatic N) is 2. The van der Waals surface area contributed by atoms with E-state index in [2.05, 4.69) is 16.8 Å². The van der Waals surface area contributed by atoms with E-state index in [-0.39, 0.29) is 17.8 Å². The summed E-state index contributed by atoms with van der Waals surface area (Å²) >= 11 is 1.69. The topological polar surface area (TPSA) is 45.6 Å². The summed E-state index contributed by atoms with van der Waals surface area (Å²) in [5.41, 5.74) is -0.0912.